The fraction of sp³-hybridized carbons (Fsp3) is 1.00. The second-order valence-corrected chi connectivity index (χ2v) is 4.31. The second kappa shape index (κ2) is 6.38. The second-order valence-electron chi connectivity index (χ2n) is 4.31. The number of methoxy groups -OCH3 is 1. The molecular weight excluding hydrogens is 178 g/mol. The molecule has 0 radical (unpaired) electrons. The average Bonchev–Trinajstić information content (AvgIpc) is 2.18. The van der Waals surface area contributed by atoms with Gasteiger partial charge in [0, 0.05) is 32.8 Å². The van der Waals surface area contributed by atoms with Crippen LogP contribution in [0.5, 0.6) is 0 Å². The Morgan fingerprint density at radius 3 is 3.00 bits per heavy atom. The van der Waals surface area contributed by atoms with E-state index >= 15 is 0 Å². The van der Waals surface area contributed by atoms with Crippen molar-refractivity contribution in [3.8, 4) is 0 Å². The number of nitrogens with zero attached hydrogens (tertiary/aromatic N) is 1. The highest BCUT2D eigenvalue weighted by atomic mass is 16.5. The third-order valence-corrected chi connectivity index (χ3v) is 2.87. The van der Waals surface area contributed by atoms with Gasteiger partial charge in [0.1, 0.15) is 0 Å². The summed E-state index contributed by atoms with van der Waals surface area (Å²) in [6, 6.07) is 0.578. The molecule has 0 aromatic rings. The first-order valence-corrected chi connectivity index (χ1v) is 5.54. The van der Waals surface area contributed by atoms with Crippen LogP contribution >= 0.6 is 0 Å². The maximum atomic E-state index is 5.41. The van der Waals surface area contributed by atoms with Crippen LogP contribution in [0.1, 0.15) is 20.3 Å². The fourth-order valence-electron chi connectivity index (χ4n) is 1.84. The molecule has 1 saturated heterocycles. The van der Waals surface area contributed by atoms with Gasteiger partial charge in [-0.15, -0.1) is 0 Å². The quantitative estimate of drug-likeness (QED) is 0.671. The van der Waals surface area contributed by atoms with Gasteiger partial charge in [-0.05, 0) is 19.3 Å². The monoisotopic (exact) mass is 201 g/mol. The Hall–Kier alpha value is -0.120. The summed E-state index contributed by atoms with van der Waals surface area (Å²) in [5, 5.41) is 0. The molecule has 3 nitrogen and oxygen atoms in total. The van der Waals surface area contributed by atoms with Gasteiger partial charge in [-0.1, -0.05) is 6.92 Å². The van der Waals surface area contributed by atoms with E-state index in [1.807, 2.05) is 0 Å². The summed E-state index contributed by atoms with van der Waals surface area (Å²) in [7, 11) is 1.77. The van der Waals surface area contributed by atoms with Crippen molar-refractivity contribution in [3.05, 3.63) is 0 Å². The van der Waals surface area contributed by atoms with Crippen molar-refractivity contribution in [1.29, 1.82) is 0 Å². The molecule has 1 fully saturated rings. The Balaban J connectivity index is 2.20. The van der Waals surface area contributed by atoms with Crippen LogP contribution in [0.3, 0.4) is 0 Å². The molecule has 0 aliphatic carbocycles. The molecule has 1 aliphatic rings. The van der Waals surface area contributed by atoms with Crippen molar-refractivity contribution in [2.24, 2.45) is 5.92 Å². The van der Waals surface area contributed by atoms with E-state index in [9.17, 15) is 0 Å². The van der Waals surface area contributed by atoms with E-state index in [1.165, 1.54) is 6.54 Å². The minimum atomic E-state index is 0.578. The van der Waals surface area contributed by atoms with E-state index in [0.29, 0.717) is 6.04 Å². The molecule has 0 aromatic carbocycles. The lowest BCUT2D eigenvalue weighted by Gasteiger charge is -2.35. The molecule has 2 atom stereocenters. The summed E-state index contributed by atoms with van der Waals surface area (Å²) in [6.07, 6.45) is 1.15. The van der Waals surface area contributed by atoms with Crippen molar-refractivity contribution < 1.29 is 9.47 Å². The smallest absolute Gasteiger partial charge is 0.0619 e. The van der Waals surface area contributed by atoms with E-state index in [1.54, 1.807) is 7.11 Å². The van der Waals surface area contributed by atoms with Crippen molar-refractivity contribution in [2.75, 3.05) is 40.0 Å². The molecule has 0 amide bonds. The van der Waals surface area contributed by atoms with Crippen LogP contribution in [0.25, 0.3) is 0 Å². The molecule has 14 heavy (non-hydrogen) atoms. The minimum Gasteiger partial charge on any atom is -0.385 e. The average molecular weight is 201 g/mol. The van der Waals surface area contributed by atoms with Gasteiger partial charge >= 0.3 is 0 Å². The summed E-state index contributed by atoms with van der Waals surface area (Å²) in [5.41, 5.74) is 0. The summed E-state index contributed by atoms with van der Waals surface area (Å²) in [6.45, 7) is 9.44. The molecule has 0 saturated carbocycles. The third-order valence-electron chi connectivity index (χ3n) is 2.87. The van der Waals surface area contributed by atoms with Gasteiger partial charge in [-0.25, -0.2) is 0 Å². The van der Waals surface area contributed by atoms with Crippen LogP contribution in [-0.4, -0.2) is 51.0 Å². The van der Waals surface area contributed by atoms with Gasteiger partial charge in [0.05, 0.1) is 13.2 Å². The molecule has 1 heterocycles. The molecule has 0 bridgehead atoms. The number of ether oxygens (including phenoxy) is 2. The Morgan fingerprint density at radius 2 is 2.36 bits per heavy atom. The van der Waals surface area contributed by atoms with Gasteiger partial charge in [0.2, 0.25) is 0 Å². The highest BCUT2D eigenvalue weighted by molar-refractivity contribution is 4.72. The Kier molecular flexibility index (Phi) is 5.45. The summed E-state index contributed by atoms with van der Waals surface area (Å²) >= 11 is 0. The molecule has 0 N–H and O–H groups in total. The van der Waals surface area contributed by atoms with Gasteiger partial charge in [-0.3, -0.25) is 4.90 Å². The molecule has 3 heteroatoms. The third kappa shape index (κ3) is 3.95. The number of rotatable bonds is 5. The lowest BCUT2D eigenvalue weighted by Crippen LogP contribution is -2.45. The predicted octanol–water partition coefficient (Wildman–Crippen LogP) is 1.38. The minimum absolute atomic E-state index is 0.578. The standard InChI is InChI=1S/C11H23NO2/c1-10(4-6-13-3)8-12-5-7-14-9-11(12)2/h10-11H,4-9H2,1-3H3/t10-,11-/m1/s1. The lowest BCUT2D eigenvalue weighted by molar-refractivity contribution is -0.00788. The van der Waals surface area contributed by atoms with E-state index < -0.39 is 0 Å². The van der Waals surface area contributed by atoms with E-state index in [4.69, 9.17) is 9.47 Å². The van der Waals surface area contributed by atoms with Crippen LogP contribution in [-0.2, 0) is 9.47 Å². The molecule has 0 unspecified atom stereocenters. The topological polar surface area (TPSA) is 21.7 Å². The number of hydrogen-bond acceptors (Lipinski definition) is 3. The van der Waals surface area contributed by atoms with Crippen molar-refractivity contribution in [2.45, 2.75) is 26.3 Å². The van der Waals surface area contributed by atoms with Crippen LogP contribution in [0.2, 0.25) is 0 Å². The van der Waals surface area contributed by atoms with Crippen LogP contribution in [0.4, 0.5) is 0 Å². The summed E-state index contributed by atoms with van der Waals surface area (Å²) in [4.78, 5) is 2.52. The Bertz CT molecular complexity index is 152. The highest BCUT2D eigenvalue weighted by Gasteiger charge is 2.20. The normalized spacial score (nSPS) is 26.4. The van der Waals surface area contributed by atoms with Crippen molar-refractivity contribution in [1.82, 2.24) is 4.90 Å². The molecule has 1 aliphatic heterocycles. The highest BCUT2D eigenvalue weighted by Crippen LogP contribution is 2.11. The first kappa shape index (κ1) is 12.0. The first-order chi connectivity index (χ1) is 6.74. The zero-order valence-corrected chi connectivity index (χ0v) is 9.66. The molecule has 0 aromatic heterocycles. The fourth-order valence-corrected chi connectivity index (χ4v) is 1.84. The molecule has 1 rings (SSSR count). The maximum Gasteiger partial charge on any atom is 0.0619 e. The van der Waals surface area contributed by atoms with Gasteiger partial charge in [0.25, 0.3) is 0 Å². The Morgan fingerprint density at radius 1 is 1.57 bits per heavy atom. The number of morpholine rings is 1. The van der Waals surface area contributed by atoms with E-state index in [2.05, 4.69) is 18.7 Å². The maximum absolute atomic E-state index is 5.41. The van der Waals surface area contributed by atoms with Crippen molar-refractivity contribution in [3.63, 3.8) is 0 Å². The molecule has 0 spiro atoms. The zero-order valence-electron chi connectivity index (χ0n) is 9.66. The van der Waals surface area contributed by atoms with Gasteiger partial charge in [-0.2, -0.15) is 0 Å². The first-order valence-electron chi connectivity index (χ1n) is 5.54. The lowest BCUT2D eigenvalue weighted by atomic mass is 10.1. The zero-order chi connectivity index (χ0) is 10.4. The predicted molar refractivity (Wildman–Crippen MR) is 57.5 cm³/mol. The molecule has 84 valence electrons. The van der Waals surface area contributed by atoms with Gasteiger partial charge in [0.15, 0.2) is 0 Å². The molecular formula is C11H23NO2. The van der Waals surface area contributed by atoms with Gasteiger partial charge < -0.3 is 9.47 Å². The SMILES string of the molecule is COCC[C@@H](C)CN1CCOC[C@H]1C. The van der Waals surface area contributed by atoms with Crippen LogP contribution in [0, 0.1) is 5.92 Å². The van der Waals surface area contributed by atoms with Crippen LogP contribution in [0.15, 0.2) is 0 Å². The number of hydrogen-bond donors (Lipinski definition) is 0. The summed E-state index contributed by atoms with van der Waals surface area (Å²) in [5.74, 6) is 0.718. The Labute approximate surface area is 87.4 Å². The van der Waals surface area contributed by atoms with E-state index in [0.717, 1.165) is 38.7 Å². The van der Waals surface area contributed by atoms with Crippen molar-refractivity contribution >= 4 is 0 Å². The largest absolute Gasteiger partial charge is 0.385 e. The van der Waals surface area contributed by atoms with E-state index in [-0.39, 0.29) is 0 Å². The van der Waals surface area contributed by atoms with Crippen LogP contribution < -0.4 is 0 Å². The summed E-state index contributed by atoms with van der Waals surface area (Å²) < 4.78 is 10.5.